The summed E-state index contributed by atoms with van der Waals surface area (Å²) in [6.07, 6.45) is 4.99. The SMILES string of the molecule is COc1cccc2[nH]c(C(=O)N3CC4CCCC4C3C(=O)NC(CC3CCCC3=O)C(=O)c3nc4ccccc4[nH]3)cc12. The molecule has 0 spiro atoms. The summed E-state index contributed by atoms with van der Waals surface area (Å²) in [6, 6.07) is 13.1. The van der Waals surface area contributed by atoms with Crippen LogP contribution in [-0.4, -0.2) is 69.0 Å². The number of nitrogens with one attached hydrogen (secondary N) is 3. The molecule has 10 heteroatoms. The van der Waals surface area contributed by atoms with E-state index < -0.39 is 12.1 Å². The summed E-state index contributed by atoms with van der Waals surface area (Å²) in [5.41, 5.74) is 2.55. The van der Waals surface area contributed by atoms with Gasteiger partial charge < -0.3 is 24.9 Å². The lowest BCUT2D eigenvalue weighted by molar-refractivity contribution is -0.127. The van der Waals surface area contributed by atoms with Gasteiger partial charge in [-0.05, 0) is 74.3 Å². The molecule has 4 aromatic rings. The number of hydrogen-bond acceptors (Lipinski definition) is 6. The van der Waals surface area contributed by atoms with E-state index in [-0.39, 0.29) is 53.4 Å². The average Bonchev–Trinajstić information content (AvgIpc) is 3.83. The van der Waals surface area contributed by atoms with Crippen LogP contribution in [0.25, 0.3) is 21.9 Å². The first-order valence-electron chi connectivity index (χ1n) is 15.2. The lowest BCUT2D eigenvalue weighted by Gasteiger charge is -2.29. The first kappa shape index (κ1) is 27.4. The number of carbonyl (C=O) groups is 4. The van der Waals surface area contributed by atoms with Crippen molar-refractivity contribution in [2.45, 2.75) is 57.0 Å². The van der Waals surface area contributed by atoms with E-state index in [1.54, 1.807) is 18.1 Å². The van der Waals surface area contributed by atoms with Crippen molar-refractivity contribution in [2.75, 3.05) is 13.7 Å². The van der Waals surface area contributed by atoms with Crippen LogP contribution in [0.5, 0.6) is 5.75 Å². The van der Waals surface area contributed by atoms with Crippen molar-refractivity contribution in [1.29, 1.82) is 0 Å². The molecule has 2 amide bonds. The number of benzene rings is 2. The molecule has 3 heterocycles. The molecule has 7 rings (SSSR count). The average molecular weight is 582 g/mol. The minimum atomic E-state index is -0.935. The highest BCUT2D eigenvalue weighted by molar-refractivity contribution is 6.04. The van der Waals surface area contributed by atoms with Crippen LogP contribution in [0.3, 0.4) is 0 Å². The number of fused-ring (bicyclic) bond motifs is 3. The van der Waals surface area contributed by atoms with Crippen LogP contribution in [0.15, 0.2) is 48.5 Å². The number of aromatic nitrogens is 3. The number of hydrogen-bond donors (Lipinski definition) is 3. The van der Waals surface area contributed by atoms with Crippen LogP contribution in [0.4, 0.5) is 0 Å². The fourth-order valence-corrected chi connectivity index (χ4v) is 7.57. The molecule has 2 aromatic heterocycles. The molecular weight excluding hydrogens is 546 g/mol. The Balaban J connectivity index is 1.18. The Morgan fingerprint density at radius 1 is 1.05 bits per heavy atom. The first-order valence-corrected chi connectivity index (χ1v) is 15.2. The Hall–Kier alpha value is -4.47. The van der Waals surface area contributed by atoms with Gasteiger partial charge in [0.15, 0.2) is 5.82 Å². The molecule has 2 aromatic carbocycles. The number of ether oxygens (including phenoxy) is 1. The Labute approximate surface area is 248 Å². The van der Waals surface area contributed by atoms with Crippen LogP contribution in [0, 0.1) is 17.8 Å². The number of ketones is 2. The zero-order chi connectivity index (χ0) is 29.7. The Bertz CT molecular complexity index is 1710. The summed E-state index contributed by atoms with van der Waals surface area (Å²) in [5.74, 6) is -0.0747. The number of nitrogens with zero attached hydrogens (tertiary/aromatic N) is 2. The molecule has 0 bridgehead atoms. The second-order valence-electron chi connectivity index (χ2n) is 12.2. The number of rotatable bonds is 8. The second kappa shape index (κ2) is 11.0. The third kappa shape index (κ3) is 4.88. The Morgan fingerprint density at radius 3 is 2.67 bits per heavy atom. The lowest BCUT2D eigenvalue weighted by Crippen LogP contribution is -2.53. The van der Waals surface area contributed by atoms with Crippen LogP contribution in [0.1, 0.15) is 66.1 Å². The van der Waals surface area contributed by atoms with Gasteiger partial charge in [0.05, 0.1) is 24.2 Å². The molecule has 0 radical (unpaired) electrons. The molecule has 3 fully saturated rings. The van der Waals surface area contributed by atoms with E-state index in [0.717, 1.165) is 42.1 Å². The molecule has 1 aliphatic heterocycles. The van der Waals surface area contributed by atoms with E-state index in [1.807, 2.05) is 42.5 Å². The molecule has 3 N–H and O–H groups in total. The van der Waals surface area contributed by atoms with Gasteiger partial charge in [0.25, 0.3) is 5.91 Å². The fourth-order valence-electron chi connectivity index (χ4n) is 7.57. The summed E-state index contributed by atoms with van der Waals surface area (Å²) >= 11 is 0. The molecule has 5 unspecified atom stereocenters. The predicted molar refractivity (Wildman–Crippen MR) is 160 cm³/mol. The lowest BCUT2D eigenvalue weighted by atomic mass is 9.91. The predicted octanol–water partition coefficient (Wildman–Crippen LogP) is 4.42. The van der Waals surface area contributed by atoms with Crippen molar-refractivity contribution in [1.82, 2.24) is 25.2 Å². The van der Waals surface area contributed by atoms with Crippen molar-refractivity contribution in [3.05, 3.63) is 60.0 Å². The molecule has 5 atom stereocenters. The maximum atomic E-state index is 14.2. The maximum Gasteiger partial charge on any atom is 0.271 e. The fraction of sp³-hybridized carbons (Fsp3) is 0.424. The summed E-state index contributed by atoms with van der Waals surface area (Å²) in [7, 11) is 1.59. The summed E-state index contributed by atoms with van der Waals surface area (Å²) in [4.78, 5) is 67.1. The minimum absolute atomic E-state index is 0.0120. The van der Waals surface area contributed by atoms with Crippen molar-refractivity contribution in [2.24, 2.45) is 17.8 Å². The Morgan fingerprint density at radius 2 is 1.88 bits per heavy atom. The molecule has 1 saturated heterocycles. The number of H-pyrrole nitrogens is 2. The molecule has 222 valence electrons. The highest BCUT2D eigenvalue weighted by Crippen LogP contribution is 2.43. The highest BCUT2D eigenvalue weighted by atomic mass is 16.5. The third-order valence-corrected chi connectivity index (χ3v) is 9.70. The van der Waals surface area contributed by atoms with Gasteiger partial charge in [0, 0.05) is 29.8 Å². The third-order valence-electron chi connectivity index (χ3n) is 9.70. The van der Waals surface area contributed by atoms with Crippen LogP contribution in [-0.2, 0) is 9.59 Å². The quantitative estimate of drug-likeness (QED) is 0.264. The smallest absolute Gasteiger partial charge is 0.271 e. The van der Waals surface area contributed by atoms with Gasteiger partial charge in [-0.15, -0.1) is 0 Å². The molecule has 2 aliphatic carbocycles. The van der Waals surface area contributed by atoms with Crippen molar-refractivity contribution in [3.63, 3.8) is 0 Å². The largest absolute Gasteiger partial charge is 0.496 e. The number of Topliss-reactive ketones (excluding diaryl/α,β-unsaturated/α-hetero) is 2. The van der Waals surface area contributed by atoms with Crippen LogP contribution >= 0.6 is 0 Å². The molecule has 43 heavy (non-hydrogen) atoms. The van der Waals surface area contributed by atoms with E-state index in [4.69, 9.17) is 4.74 Å². The van der Waals surface area contributed by atoms with E-state index in [0.29, 0.717) is 36.3 Å². The maximum absolute atomic E-state index is 14.2. The zero-order valence-electron chi connectivity index (χ0n) is 24.1. The van der Waals surface area contributed by atoms with E-state index in [9.17, 15) is 19.2 Å². The second-order valence-corrected chi connectivity index (χ2v) is 12.2. The van der Waals surface area contributed by atoms with Crippen LogP contribution < -0.4 is 10.1 Å². The minimum Gasteiger partial charge on any atom is -0.496 e. The number of carbonyl (C=O) groups excluding carboxylic acids is 4. The number of likely N-dealkylation sites (tertiary alicyclic amines) is 1. The first-order chi connectivity index (χ1) is 20.9. The number of methoxy groups -OCH3 is 1. The normalized spacial score (nSPS) is 24.0. The van der Waals surface area contributed by atoms with Crippen molar-refractivity contribution >= 4 is 45.3 Å². The van der Waals surface area contributed by atoms with Crippen LogP contribution in [0.2, 0.25) is 0 Å². The topological polar surface area (TPSA) is 137 Å². The van der Waals surface area contributed by atoms with Gasteiger partial charge in [-0.3, -0.25) is 19.2 Å². The zero-order valence-corrected chi connectivity index (χ0v) is 24.1. The highest BCUT2D eigenvalue weighted by Gasteiger charge is 2.50. The standard InChI is InChI=1S/C33H35N5O5/c1-43-28-14-6-12-22-21(28)16-26(34-22)33(42)38-17-19-8-4-9-20(19)29(38)32(41)37-25(15-18-7-5-13-27(18)39)30(40)31-35-23-10-2-3-11-24(23)36-31/h2-3,6,10-12,14,16,18-20,25,29,34H,4-5,7-9,13,15,17H2,1H3,(H,35,36)(H,37,41). The van der Waals surface area contributed by atoms with Gasteiger partial charge in [0.1, 0.15) is 23.3 Å². The summed E-state index contributed by atoms with van der Waals surface area (Å²) < 4.78 is 5.48. The molecule has 10 nitrogen and oxygen atoms in total. The monoisotopic (exact) mass is 581 g/mol. The number of amides is 2. The number of para-hydroxylation sites is 2. The van der Waals surface area contributed by atoms with Gasteiger partial charge in [0.2, 0.25) is 11.7 Å². The Kier molecular flexibility index (Phi) is 6.99. The van der Waals surface area contributed by atoms with E-state index in [1.165, 1.54) is 0 Å². The van der Waals surface area contributed by atoms with E-state index in [2.05, 4.69) is 20.3 Å². The number of aromatic amines is 2. The number of imidazole rings is 1. The van der Waals surface area contributed by atoms with Crippen molar-refractivity contribution in [3.8, 4) is 5.75 Å². The van der Waals surface area contributed by atoms with Gasteiger partial charge in [-0.25, -0.2) is 4.98 Å². The molecule has 2 saturated carbocycles. The van der Waals surface area contributed by atoms with E-state index >= 15 is 0 Å². The molecular formula is C33H35N5O5. The van der Waals surface area contributed by atoms with Crippen molar-refractivity contribution < 1.29 is 23.9 Å². The molecule has 3 aliphatic rings. The van der Waals surface area contributed by atoms with Gasteiger partial charge >= 0.3 is 0 Å². The summed E-state index contributed by atoms with van der Waals surface area (Å²) in [6.45, 7) is 0.484. The van der Waals surface area contributed by atoms with Gasteiger partial charge in [-0.2, -0.15) is 0 Å². The summed E-state index contributed by atoms with van der Waals surface area (Å²) in [5, 5.41) is 3.82. The van der Waals surface area contributed by atoms with Gasteiger partial charge in [-0.1, -0.05) is 24.6 Å².